The Morgan fingerprint density at radius 2 is 1.79 bits per heavy atom. The van der Waals surface area contributed by atoms with Crippen LogP contribution in [0.3, 0.4) is 0 Å². The minimum absolute atomic E-state index is 0.111. The fraction of sp³-hybridized carbons (Fsp3) is 0.0476. The van der Waals surface area contributed by atoms with Crippen LogP contribution >= 0.6 is 0 Å². The predicted octanol–water partition coefficient (Wildman–Crippen LogP) is 3.44. The van der Waals surface area contributed by atoms with E-state index in [1.807, 2.05) is 37.3 Å². The second-order valence-electron chi connectivity index (χ2n) is 6.71. The number of nitrogens with one attached hydrogen (secondary N) is 2. The molecule has 0 radical (unpaired) electrons. The molecule has 146 valence electrons. The number of hydrogen-bond donors (Lipinski definition) is 3. The number of benzene rings is 3. The van der Waals surface area contributed by atoms with Gasteiger partial charge in [0.15, 0.2) is 0 Å². The Balaban J connectivity index is 1.54. The lowest BCUT2D eigenvalue weighted by Crippen LogP contribution is -2.15. The summed E-state index contributed by atoms with van der Waals surface area (Å²) in [6.45, 7) is 2.02. The van der Waals surface area contributed by atoms with Gasteiger partial charge in [-0.3, -0.25) is 4.79 Å². The highest BCUT2D eigenvalue weighted by Crippen LogP contribution is 2.23. The first-order valence-electron chi connectivity index (χ1n) is 8.81. The van der Waals surface area contributed by atoms with Crippen LogP contribution in [0, 0.1) is 6.92 Å². The second-order valence-corrected chi connectivity index (χ2v) is 8.27. The molecular weight excluding hydrogens is 388 g/mol. The first kappa shape index (κ1) is 18.9. The van der Waals surface area contributed by atoms with E-state index in [4.69, 9.17) is 5.14 Å². The number of sulfonamides is 1. The van der Waals surface area contributed by atoms with Crippen LogP contribution in [0.4, 0.5) is 5.69 Å². The lowest BCUT2D eigenvalue weighted by atomic mass is 10.1. The summed E-state index contributed by atoms with van der Waals surface area (Å²) in [5.41, 5.74) is 4.66. The van der Waals surface area contributed by atoms with Gasteiger partial charge in [0, 0.05) is 16.8 Å². The normalized spacial score (nSPS) is 11.5. The van der Waals surface area contributed by atoms with Crippen LogP contribution in [-0.2, 0) is 10.0 Å². The van der Waals surface area contributed by atoms with Crippen LogP contribution in [0.15, 0.2) is 71.6 Å². The number of imidazole rings is 1. The Labute approximate surface area is 167 Å². The topological polar surface area (TPSA) is 118 Å². The van der Waals surface area contributed by atoms with E-state index in [9.17, 15) is 13.2 Å². The fourth-order valence-corrected chi connectivity index (χ4v) is 3.55. The van der Waals surface area contributed by atoms with E-state index in [0.717, 1.165) is 28.0 Å². The summed E-state index contributed by atoms with van der Waals surface area (Å²) >= 11 is 0. The maximum atomic E-state index is 12.4. The van der Waals surface area contributed by atoms with Gasteiger partial charge < -0.3 is 10.3 Å². The Bertz CT molecular complexity index is 1330. The Kier molecular flexibility index (Phi) is 4.65. The summed E-state index contributed by atoms with van der Waals surface area (Å²) in [7, 11) is -3.87. The highest BCUT2D eigenvalue weighted by molar-refractivity contribution is 7.89. The highest BCUT2D eigenvalue weighted by atomic mass is 32.2. The van der Waals surface area contributed by atoms with Gasteiger partial charge >= 0.3 is 0 Å². The maximum Gasteiger partial charge on any atom is 0.255 e. The third-order valence-corrected chi connectivity index (χ3v) is 5.39. The van der Waals surface area contributed by atoms with Crippen LogP contribution in [0.25, 0.3) is 22.4 Å². The summed E-state index contributed by atoms with van der Waals surface area (Å²) in [5.74, 6) is 0.312. The molecule has 0 atom stereocenters. The molecule has 4 N–H and O–H groups in total. The molecule has 29 heavy (non-hydrogen) atoms. The number of anilines is 1. The number of nitrogens with two attached hydrogens (primary N) is 1. The van der Waals surface area contributed by atoms with Crippen molar-refractivity contribution in [2.75, 3.05) is 5.32 Å². The van der Waals surface area contributed by atoms with Gasteiger partial charge in [-0.25, -0.2) is 18.5 Å². The molecule has 0 bridgehead atoms. The maximum absolute atomic E-state index is 12.4. The number of nitrogens with zero attached hydrogens (tertiary/aromatic N) is 1. The molecule has 1 amide bonds. The van der Waals surface area contributed by atoms with Crippen LogP contribution in [0.5, 0.6) is 0 Å². The number of primary sulfonamides is 1. The zero-order valence-electron chi connectivity index (χ0n) is 15.5. The van der Waals surface area contributed by atoms with Crippen molar-refractivity contribution < 1.29 is 13.2 Å². The van der Waals surface area contributed by atoms with Gasteiger partial charge in [0.25, 0.3) is 5.91 Å². The standard InChI is InChI=1S/C21H18N4O3S/c1-13-5-10-18-19(11-13)25-20(24-18)14-6-8-16(9-7-14)23-21(26)15-3-2-4-17(12-15)29(22,27)28/h2-12H,1H3,(H,23,26)(H,24,25)(H2,22,27,28). The van der Waals surface area contributed by atoms with Gasteiger partial charge in [-0.1, -0.05) is 12.1 Å². The smallest absolute Gasteiger partial charge is 0.255 e. The van der Waals surface area contributed by atoms with Crippen molar-refractivity contribution in [3.63, 3.8) is 0 Å². The molecule has 0 spiro atoms. The van der Waals surface area contributed by atoms with E-state index < -0.39 is 15.9 Å². The van der Waals surface area contributed by atoms with Gasteiger partial charge in [0.05, 0.1) is 15.9 Å². The highest BCUT2D eigenvalue weighted by Gasteiger charge is 2.12. The van der Waals surface area contributed by atoms with Crippen molar-refractivity contribution in [1.82, 2.24) is 9.97 Å². The summed E-state index contributed by atoms with van der Waals surface area (Å²) in [4.78, 5) is 20.2. The minimum atomic E-state index is -3.87. The molecule has 1 heterocycles. The number of aromatic amines is 1. The number of carbonyl (C=O) groups excluding carboxylic acids is 1. The lowest BCUT2D eigenvalue weighted by molar-refractivity contribution is 0.102. The molecule has 0 aliphatic heterocycles. The number of hydrogen-bond acceptors (Lipinski definition) is 4. The molecule has 3 aromatic carbocycles. The number of aryl methyl sites for hydroxylation is 1. The Morgan fingerprint density at radius 3 is 2.52 bits per heavy atom. The summed E-state index contributed by atoms with van der Waals surface area (Å²) in [6.07, 6.45) is 0. The monoisotopic (exact) mass is 406 g/mol. The number of aromatic nitrogens is 2. The molecule has 0 fully saturated rings. The van der Waals surface area contributed by atoms with Crippen molar-refractivity contribution in [3.05, 3.63) is 77.9 Å². The molecule has 4 rings (SSSR count). The zero-order chi connectivity index (χ0) is 20.6. The van der Waals surface area contributed by atoms with E-state index in [-0.39, 0.29) is 10.5 Å². The van der Waals surface area contributed by atoms with Gasteiger partial charge in [-0.15, -0.1) is 0 Å². The summed E-state index contributed by atoms with van der Waals surface area (Å²) in [6, 6.07) is 18.8. The van der Waals surface area contributed by atoms with Gasteiger partial charge in [-0.05, 0) is 67.1 Å². The van der Waals surface area contributed by atoms with Crippen molar-refractivity contribution in [3.8, 4) is 11.4 Å². The number of fused-ring (bicyclic) bond motifs is 1. The minimum Gasteiger partial charge on any atom is -0.338 e. The lowest BCUT2D eigenvalue weighted by Gasteiger charge is -2.07. The molecule has 8 heteroatoms. The SMILES string of the molecule is Cc1ccc2nc(-c3ccc(NC(=O)c4cccc(S(N)(=O)=O)c4)cc3)[nH]c2c1. The third-order valence-electron chi connectivity index (χ3n) is 4.48. The molecule has 7 nitrogen and oxygen atoms in total. The molecule has 0 unspecified atom stereocenters. The molecule has 0 saturated carbocycles. The van der Waals surface area contributed by atoms with E-state index in [1.54, 1.807) is 12.1 Å². The average Bonchev–Trinajstić information content (AvgIpc) is 3.11. The molecule has 4 aromatic rings. The largest absolute Gasteiger partial charge is 0.338 e. The molecule has 0 aliphatic rings. The molecule has 1 aromatic heterocycles. The molecule has 0 saturated heterocycles. The number of H-pyrrole nitrogens is 1. The van der Waals surface area contributed by atoms with Gasteiger partial charge in [0.2, 0.25) is 10.0 Å². The van der Waals surface area contributed by atoms with E-state index >= 15 is 0 Å². The summed E-state index contributed by atoms with van der Waals surface area (Å²) in [5, 5.41) is 7.86. The van der Waals surface area contributed by atoms with Crippen LogP contribution < -0.4 is 10.5 Å². The quantitative estimate of drug-likeness (QED) is 0.481. The Hall–Kier alpha value is -3.49. The van der Waals surface area contributed by atoms with Crippen LogP contribution in [0.2, 0.25) is 0 Å². The molecular formula is C21H18N4O3S. The Morgan fingerprint density at radius 1 is 1.03 bits per heavy atom. The van der Waals surface area contributed by atoms with Crippen molar-refractivity contribution in [2.24, 2.45) is 5.14 Å². The first-order chi connectivity index (χ1) is 13.8. The van der Waals surface area contributed by atoms with E-state index in [1.165, 1.54) is 24.3 Å². The van der Waals surface area contributed by atoms with Crippen LogP contribution in [-0.4, -0.2) is 24.3 Å². The van der Waals surface area contributed by atoms with Crippen molar-refractivity contribution in [1.29, 1.82) is 0 Å². The number of carbonyl (C=O) groups is 1. The first-order valence-corrected chi connectivity index (χ1v) is 10.4. The number of rotatable bonds is 4. The second kappa shape index (κ2) is 7.16. The molecule has 0 aliphatic carbocycles. The summed E-state index contributed by atoms with van der Waals surface area (Å²) < 4.78 is 22.9. The van der Waals surface area contributed by atoms with Gasteiger partial charge in [0.1, 0.15) is 5.82 Å². The predicted molar refractivity (Wildman–Crippen MR) is 112 cm³/mol. The van der Waals surface area contributed by atoms with Gasteiger partial charge in [-0.2, -0.15) is 0 Å². The average molecular weight is 406 g/mol. The van der Waals surface area contributed by atoms with E-state index in [2.05, 4.69) is 15.3 Å². The fourth-order valence-electron chi connectivity index (χ4n) is 2.99. The zero-order valence-corrected chi connectivity index (χ0v) is 16.3. The van der Waals surface area contributed by atoms with Crippen molar-refractivity contribution in [2.45, 2.75) is 11.8 Å². The van der Waals surface area contributed by atoms with Crippen molar-refractivity contribution >= 4 is 32.7 Å². The third kappa shape index (κ3) is 4.03. The van der Waals surface area contributed by atoms with Crippen LogP contribution in [0.1, 0.15) is 15.9 Å². The van der Waals surface area contributed by atoms with E-state index in [0.29, 0.717) is 5.69 Å². The number of amides is 1.